The molecule has 0 saturated carbocycles. The predicted molar refractivity (Wildman–Crippen MR) is 94.0 cm³/mol. The van der Waals surface area contributed by atoms with Gasteiger partial charge in [0.25, 0.3) is 0 Å². The first-order valence-electron chi connectivity index (χ1n) is 8.56. The van der Waals surface area contributed by atoms with Crippen molar-refractivity contribution >= 4 is 11.8 Å². The molecule has 0 spiro atoms. The third-order valence-corrected chi connectivity index (χ3v) is 5.89. The monoisotopic (exact) mass is 322 g/mol. The first-order valence-corrected chi connectivity index (χ1v) is 9.44. The van der Waals surface area contributed by atoms with Crippen molar-refractivity contribution in [3.05, 3.63) is 30.3 Å². The first kappa shape index (κ1) is 17.8. The highest BCUT2D eigenvalue weighted by atomic mass is 32.2. The number of hydrogen-bond acceptors (Lipinski definition) is 3. The van der Waals surface area contributed by atoms with Gasteiger partial charge in [-0.05, 0) is 25.5 Å². The largest absolute Gasteiger partial charge is 0.349 e. The SMILES string of the molecule is CCCCCC[C@@H]1O[C@H](C)OC(Sc2ccccc2)C1(C)C. The zero-order chi connectivity index (χ0) is 16.0. The summed E-state index contributed by atoms with van der Waals surface area (Å²) in [6.45, 7) is 8.84. The highest BCUT2D eigenvalue weighted by molar-refractivity contribution is 7.99. The summed E-state index contributed by atoms with van der Waals surface area (Å²) in [5.74, 6) is 0. The molecule has 0 radical (unpaired) electrons. The van der Waals surface area contributed by atoms with Gasteiger partial charge in [0, 0.05) is 10.3 Å². The third-order valence-electron chi connectivity index (χ3n) is 4.41. The van der Waals surface area contributed by atoms with E-state index >= 15 is 0 Å². The lowest BCUT2D eigenvalue weighted by molar-refractivity contribution is -0.264. The van der Waals surface area contributed by atoms with Crippen molar-refractivity contribution in [1.29, 1.82) is 0 Å². The number of ether oxygens (including phenoxy) is 2. The van der Waals surface area contributed by atoms with Crippen molar-refractivity contribution in [2.45, 2.75) is 82.5 Å². The summed E-state index contributed by atoms with van der Waals surface area (Å²) in [7, 11) is 0. The molecule has 0 bridgehead atoms. The lowest BCUT2D eigenvalue weighted by atomic mass is 9.83. The smallest absolute Gasteiger partial charge is 0.156 e. The van der Waals surface area contributed by atoms with Crippen LogP contribution >= 0.6 is 11.8 Å². The molecule has 1 saturated heterocycles. The maximum Gasteiger partial charge on any atom is 0.156 e. The van der Waals surface area contributed by atoms with Crippen molar-refractivity contribution in [2.24, 2.45) is 5.41 Å². The number of rotatable bonds is 7. The second-order valence-electron chi connectivity index (χ2n) is 6.76. The molecule has 1 aromatic carbocycles. The van der Waals surface area contributed by atoms with Gasteiger partial charge < -0.3 is 9.47 Å². The molecule has 2 nitrogen and oxygen atoms in total. The summed E-state index contributed by atoms with van der Waals surface area (Å²) < 4.78 is 12.2. The Kier molecular flexibility index (Phi) is 6.79. The molecule has 124 valence electrons. The van der Waals surface area contributed by atoms with Crippen LogP contribution in [-0.2, 0) is 9.47 Å². The maximum atomic E-state index is 6.11. The van der Waals surface area contributed by atoms with Gasteiger partial charge in [-0.1, -0.05) is 76.4 Å². The molecule has 2 rings (SSSR count). The van der Waals surface area contributed by atoms with Crippen LogP contribution in [0.3, 0.4) is 0 Å². The normalized spacial score (nSPS) is 27.7. The predicted octanol–water partition coefficient (Wildman–Crippen LogP) is 5.86. The minimum absolute atomic E-state index is 0.0131. The zero-order valence-corrected chi connectivity index (χ0v) is 15.2. The van der Waals surface area contributed by atoms with Gasteiger partial charge in [-0.25, -0.2) is 0 Å². The Morgan fingerprint density at radius 1 is 1.05 bits per heavy atom. The van der Waals surface area contributed by atoms with Crippen molar-refractivity contribution in [2.75, 3.05) is 0 Å². The van der Waals surface area contributed by atoms with Gasteiger partial charge in [-0.3, -0.25) is 0 Å². The third kappa shape index (κ3) is 4.74. The quantitative estimate of drug-likeness (QED) is 0.585. The van der Waals surface area contributed by atoms with Gasteiger partial charge in [0.15, 0.2) is 6.29 Å². The first-order chi connectivity index (χ1) is 10.5. The topological polar surface area (TPSA) is 18.5 Å². The standard InChI is InChI=1S/C19H30O2S/c1-5-6-7-11-14-17-19(3,4)18(21-15(2)20-17)22-16-12-9-8-10-13-16/h8-10,12-13,15,17-18H,5-7,11,14H2,1-4H3/t15-,17-,18?/m0/s1. The summed E-state index contributed by atoms with van der Waals surface area (Å²) in [5, 5.41) is 0. The molecule has 0 aliphatic carbocycles. The van der Waals surface area contributed by atoms with Gasteiger partial charge in [-0.2, -0.15) is 0 Å². The summed E-state index contributed by atoms with van der Waals surface area (Å²) in [6.07, 6.45) is 6.43. The maximum absolute atomic E-state index is 6.11. The van der Waals surface area contributed by atoms with Crippen LogP contribution in [0.4, 0.5) is 0 Å². The van der Waals surface area contributed by atoms with E-state index in [1.807, 2.05) is 18.7 Å². The number of benzene rings is 1. The molecule has 3 atom stereocenters. The molecule has 0 aromatic heterocycles. The van der Waals surface area contributed by atoms with Gasteiger partial charge in [0.2, 0.25) is 0 Å². The Bertz CT molecular complexity index is 432. The molecule has 1 heterocycles. The molecule has 1 unspecified atom stereocenters. The van der Waals surface area contributed by atoms with Crippen molar-refractivity contribution in [3.8, 4) is 0 Å². The lowest BCUT2D eigenvalue weighted by Gasteiger charge is -2.46. The van der Waals surface area contributed by atoms with Crippen LogP contribution in [0.25, 0.3) is 0 Å². The Morgan fingerprint density at radius 3 is 2.45 bits per heavy atom. The molecule has 0 amide bonds. The van der Waals surface area contributed by atoms with E-state index in [0.29, 0.717) is 0 Å². The molecule has 22 heavy (non-hydrogen) atoms. The highest BCUT2D eigenvalue weighted by Gasteiger charge is 2.44. The fourth-order valence-electron chi connectivity index (χ4n) is 2.94. The Balaban J connectivity index is 1.99. The molecule has 1 aliphatic heterocycles. The van der Waals surface area contributed by atoms with Gasteiger partial charge in [-0.15, -0.1) is 0 Å². The van der Waals surface area contributed by atoms with Crippen LogP contribution in [0.15, 0.2) is 35.2 Å². The Labute approximate surface area is 140 Å². The number of thioether (sulfide) groups is 1. The van der Waals surface area contributed by atoms with Crippen LogP contribution < -0.4 is 0 Å². The van der Waals surface area contributed by atoms with E-state index in [0.717, 1.165) is 6.42 Å². The number of unbranched alkanes of at least 4 members (excludes halogenated alkanes) is 3. The van der Waals surface area contributed by atoms with E-state index < -0.39 is 0 Å². The molecule has 1 aliphatic rings. The minimum atomic E-state index is -0.120. The van der Waals surface area contributed by atoms with Gasteiger partial charge in [0.05, 0.1) is 6.10 Å². The summed E-state index contributed by atoms with van der Waals surface area (Å²) >= 11 is 1.82. The Morgan fingerprint density at radius 2 is 1.77 bits per heavy atom. The van der Waals surface area contributed by atoms with Crippen molar-refractivity contribution < 1.29 is 9.47 Å². The summed E-state index contributed by atoms with van der Waals surface area (Å²) in [4.78, 5) is 1.26. The molecular formula is C19H30O2S. The fourth-order valence-corrected chi connectivity index (χ4v) is 4.17. The molecule has 1 aromatic rings. The van der Waals surface area contributed by atoms with E-state index in [1.54, 1.807) is 0 Å². The molecule has 3 heteroatoms. The van der Waals surface area contributed by atoms with Crippen LogP contribution in [0.2, 0.25) is 0 Å². The highest BCUT2D eigenvalue weighted by Crippen LogP contribution is 2.45. The summed E-state index contributed by atoms with van der Waals surface area (Å²) in [6, 6.07) is 10.5. The fraction of sp³-hybridized carbons (Fsp3) is 0.684. The average molecular weight is 323 g/mol. The van der Waals surface area contributed by atoms with E-state index in [2.05, 4.69) is 51.1 Å². The second-order valence-corrected chi connectivity index (χ2v) is 7.90. The van der Waals surface area contributed by atoms with Crippen LogP contribution in [0.1, 0.15) is 59.8 Å². The van der Waals surface area contributed by atoms with E-state index in [-0.39, 0.29) is 23.2 Å². The van der Waals surface area contributed by atoms with Crippen molar-refractivity contribution in [3.63, 3.8) is 0 Å². The molecule has 1 fully saturated rings. The van der Waals surface area contributed by atoms with Gasteiger partial charge >= 0.3 is 0 Å². The van der Waals surface area contributed by atoms with Gasteiger partial charge in [0.1, 0.15) is 5.44 Å². The van der Waals surface area contributed by atoms with Crippen LogP contribution in [0.5, 0.6) is 0 Å². The second kappa shape index (κ2) is 8.37. The number of hydrogen-bond donors (Lipinski definition) is 0. The lowest BCUT2D eigenvalue weighted by Crippen LogP contribution is -2.49. The van der Waals surface area contributed by atoms with Crippen LogP contribution in [-0.4, -0.2) is 17.8 Å². The average Bonchev–Trinajstić information content (AvgIpc) is 2.49. The molecular weight excluding hydrogens is 292 g/mol. The molecule has 0 N–H and O–H groups in total. The van der Waals surface area contributed by atoms with E-state index in [9.17, 15) is 0 Å². The zero-order valence-electron chi connectivity index (χ0n) is 14.4. The summed E-state index contributed by atoms with van der Waals surface area (Å²) in [5.41, 5.74) is 0.147. The van der Waals surface area contributed by atoms with E-state index in [4.69, 9.17) is 9.47 Å². The Hall–Kier alpha value is -0.510. The van der Waals surface area contributed by atoms with Crippen molar-refractivity contribution in [1.82, 2.24) is 0 Å². The minimum Gasteiger partial charge on any atom is -0.349 e. The van der Waals surface area contributed by atoms with E-state index in [1.165, 1.54) is 30.6 Å². The van der Waals surface area contributed by atoms with Crippen LogP contribution in [0, 0.1) is 5.41 Å².